The van der Waals surface area contributed by atoms with E-state index in [-0.39, 0.29) is 5.54 Å². The summed E-state index contributed by atoms with van der Waals surface area (Å²) in [4.78, 5) is 0. The van der Waals surface area contributed by atoms with Crippen LogP contribution in [0, 0.1) is 0 Å². The van der Waals surface area contributed by atoms with Crippen LogP contribution in [0.5, 0.6) is 0 Å². The maximum atomic E-state index is 6.02. The predicted octanol–water partition coefficient (Wildman–Crippen LogP) is 1.95. The van der Waals surface area contributed by atoms with Crippen LogP contribution in [-0.4, -0.2) is 10.2 Å². The number of nitrogens with two attached hydrogens (primary N) is 1. The SMILES string of the molecule is NC1(c2cc(Br)nnc2Br)CC1. The van der Waals surface area contributed by atoms with Crippen molar-refractivity contribution in [1.82, 2.24) is 10.2 Å². The van der Waals surface area contributed by atoms with Gasteiger partial charge in [-0.3, -0.25) is 0 Å². The quantitative estimate of drug-likeness (QED) is 0.861. The average molecular weight is 293 g/mol. The van der Waals surface area contributed by atoms with Crippen molar-refractivity contribution in [2.75, 3.05) is 0 Å². The molecule has 12 heavy (non-hydrogen) atoms. The zero-order valence-electron chi connectivity index (χ0n) is 6.22. The van der Waals surface area contributed by atoms with Crippen LogP contribution in [-0.2, 0) is 5.54 Å². The van der Waals surface area contributed by atoms with Gasteiger partial charge in [0.1, 0.15) is 9.21 Å². The Morgan fingerprint density at radius 3 is 2.58 bits per heavy atom. The van der Waals surface area contributed by atoms with Crippen LogP contribution < -0.4 is 5.73 Å². The lowest BCUT2D eigenvalue weighted by molar-refractivity contribution is 0.717. The Labute approximate surface area is 87.0 Å². The van der Waals surface area contributed by atoms with E-state index in [9.17, 15) is 0 Å². The molecule has 1 aliphatic rings. The fourth-order valence-electron chi connectivity index (χ4n) is 1.11. The van der Waals surface area contributed by atoms with Crippen molar-refractivity contribution < 1.29 is 0 Å². The van der Waals surface area contributed by atoms with Crippen LogP contribution in [0.4, 0.5) is 0 Å². The largest absolute Gasteiger partial charge is 0.321 e. The van der Waals surface area contributed by atoms with Gasteiger partial charge in [0.2, 0.25) is 0 Å². The van der Waals surface area contributed by atoms with E-state index in [0.29, 0.717) is 0 Å². The van der Waals surface area contributed by atoms with Crippen LogP contribution in [0.1, 0.15) is 18.4 Å². The Hall–Kier alpha value is -0.000000000000000111. The minimum absolute atomic E-state index is 0.155. The van der Waals surface area contributed by atoms with Crippen LogP contribution in [0.25, 0.3) is 0 Å². The normalized spacial score (nSPS) is 19.2. The summed E-state index contributed by atoms with van der Waals surface area (Å²) in [5.74, 6) is 0. The van der Waals surface area contributed by atoms with Gasteiger partial charge >= 0.3 is 0 Å². The minimum atomic E-state index is -0.155. The Kier molecular flexibility index (Phi) is 1.97. The van der Waals surface area contributed by atoms with Gasteiger partial charge < -0.3 is 5.73 Å². The van der Waals surface area contributed by atoms with E-state index in [2.05, 4.69) is 42.1 Å². The lowest BCUT2D eigenvalue weighted by Crippen LogP contribution is -2.20. The standard InChI is InChI=1S/C7H7Br2N3/c8-5-3-4(6(9)12-11-5)7(10)1-2-7/h3H,1-2,10H2. The highest BCUT2D eigenvalue weighted by Gasteiger charge is 2.42. The summed E-state index contributed by atoms with van der Waals surface area (Å²) in [5.41, 5.74) is 6.91. The van der Waals surface area contributed by atoms with Crippen molar-refractivity contribution in [1.29, 1.82) is 0 Å². The van der Waals surface area contributed by atoms with Crippen molar-refractivity contribution in [3.05, 3.63) is 20.8 Å². The van der Waals surface area contributed by atoms with E-state index in [0.717, 1.165) is 27.6 Å². The van der Waals surface area contributed by atoms with Crippen LogP contribution in [0.2, 0.25) is 0 Å². The fourth-order valence-corrected chi connectivity index (χ4v) is 2.00. The maximum absolute atomic E-state index is 6.02. The molecule has 1 aromatic heterocycles. The second-order valence-corrected chi connectivity index (χ2v) is 4.59. The van der Waals surface area contributed by atoms with Crippen molar-refractivity contribution in [2.45, 2.75) is 18.4 Å². The lowest BCUT2D eigenvalue weighted by Gasteiger charge is -2.09. The predicted molar refractivity (Wildman–Crippen MR) is 52.5 cm³/mol. The molecule has 2 rings (SSSR count). The first-order chi connectivity index (χ1) is 5.62. The molecule has 1 fully saturated rings. The smallest absolute Gasteiger partial charge is 0.133 e. The third-order valence-electron chi connectivity index (χ3n) is 2.04. The van der Waals surface area contributed by atoms with E-state index in [1.807, 2.05) is 6.07 Å². The molecule has 0 amide bonds. The van der Waals surface area contributed by atoms with Gasteiger partial charge in [0, 0.05) is 11.1 Å². The molecule has 2 N–H and O–H groups in total. The van der Waals surface area contributed by atoms with Gasteiger partial charge in [0.05, 0.1) is 0 Å². The molecule has 1 aliphatic carbocycles. The molecule has 5 heteroatoms. The summed E-state index contributed by atoms with van der Waals surface area (Å²) in [6, 6.07) is 1.92. The van der Waals surface area contributed by atoms with Crippen LogP contribution in [0.3, 0.4) is 0 Å². The Morgan fingerprint density at radius 2 is 2.00 bits per heavy atom. The zero-order valence-corrected chi connectivity index (χ0v) is 9.39. The van der Waals surface area contributed by atoms with E-state index in [4.69, 9.17) is 5.73 Å². The van der Waals surface area contributed by atoms with Gasteiger partial charge in [0.15, 0.2) is 0 Å². The first-order valence-electron chi connectivity index (χ1n) is 3.60. The molecule has 0 aliphatic heterocycles. The summed E-state index contributed by atoms with van der Waals surface area (Å²) in [6.07, 6.45) is 2.06. The highest BCUT2D eigenvalue weighted by Crippen LogP contribution is 2.45. The van der Waals surface area contributed by atoms with E-state index < -0.39 is 0 Å². The zero-order chi connectivity index (χ0) is 8.77. The van der Waals surface area contributed by atoms with Gasteiger partial charge in [-0.15, -0.1) is 10.2 Å². The molecule has 0 aromatic carbocycles. The van der Waals surface area contributed by atoms with E-state index in [1.165, 1.54) is 0 Å². The number of hydrogen-bond donors (Lipinski definition) is 1. The molecule has 0 unspecified atom stereocenters. The summed E-state index contributed by atoms with van der Waals surface area (Å²) in [6.45, 7) is 0. The first kappa shape index (κ1) is 8.59. The highest BCUT2D eigenvalue weighted by molar-refractivity contribution is 9.10. The Bertz CT molecular complexity index is 322. The van der Waals surface area contributed by atoms with Gasteiger partial charge in [-0.25, -0.2) is 0 Å². The van der Waals surface area contributed by atoms with Crippen molar-refractivity contribution >= 4 is 31.9 Å². The minimum Gasteiger partial charge on any atom is -0.321 e. The average Bonchev–Trinajstić information content (AvgIpc) is 2.75. The van der Waals surface area contributed by atoms with Crippen LogP contribution in [0.15, 0.2) is 15.3 Å². The molecule has 1 saturated carbocycles. The monoisotopic (exact) mass is 291 g/mol. The molecule has 3 nitrogen and oxygen atoms in total. The first-order valence-corrected chi connectivity index (χ1v) is 5.18. The third kappa shape index (κ3) is 1.41. The highest BCUT2D eigenvalue weighted by atomic mass is 79.9. The summed E-state index contributed by atoms with van der Waals surface area (Å²) >= 11 is 6.60. The fraction of sp³-hybridized carbons (Fsp3) is 0.429. The molecule has 0 saturated heterocycles. The Balaban J connectivity index is 2.48. The second-order valence-electron chi connectivity index (χ2n) is 3.03. The van der Waals surface area contributed by atoms with E-state index in [1.54, 1.807) is 0 Å². The topological polar surface area (TPSA) is 51.8 Å². The molecule has 0 spiro atoms. The molecule has 64 valence electrons. The van der Waals surface area contributed by atoms with Crippen molar-refractivity contribution in [3.8, 4) is 0 Å². The van der Waals surface area contributed by atoms with Gasteiger partial charge in [-0.05, 0) is 50.8 Å². The number of nitrogens with zero attached hydrogens (tertiary/aromatic N) is 2. The molecule has 1 aromatic rings. The molecular weight excluding hydrogens is 286 g/mol. The number of halogens is 2. The lowest BCUT2D eigenvalue weighted by atomic mass is 10.1. The molecule has 0 bridgehead atoms. The van der Waals surface area contributed by atoms with Crippen molar-refractivity contribution in [3.63, 3.8) is 0 Å². The van der Waals surface area contributed by atoms with Gasteiger partial charge in [-0.1, -0.05) is 0 Å². The van der Waals surface area contributed by atoms with E-state index >= 15 is 0 Å². The van der Waals surface area contributed by atoms with Crippen molar-refractivity contribution in [2.24, 2.45) is 5.73 Å². The molecule has 1 heterocycles. The molecule has 0 radical (unpaired) electrons. The Morgan fingerprint density at radius 1 is 1.33 bits per heavy atom. The number of aromatic nitrogens is 2. The number of rotatable bonds is 1. The van der Waals surface area contributed by atoms with Crippen LogP contribution >= 0.6 is 31.9 Å². The molecule has 0 atom stereocenters. The molecular formula is C7H7Br2N3. The van der Waals surface area contributed by atoms with Gasteiger partial charge in [-0.2, -0.15) is 0 Å². The summed E-state index contributed by atoms with van der Waals surface area (Å²) in [5, 5.41) is 7.77. The summed E-state index contributed by atoms with van der Waals surface area (Å²) in [7, 11) is 0. The summed E-state index contributed by atoms with van der Waals surface area (Å²) < 4.78 is 1.49. The maximum Gasteiger partial charge on any atom is 0.133 e. The second kappa shape index (κ2) is 2.75. The number of hydrogen-bond acceptors (Lipinski definition) is 3. The van der Waals surface area contributed by atoms with Gasteiger partial charge in [0.25, 0.3) is 0 Å². The third-order valence-corrected chi connectivity index (χ3v) is 3.02.